The lowest BCUT2D eigenvalue weighted by molar-refractivity contribution is -0.145. The summed E-state index contributed by atoms with van der Waals surface area (Å²) in [6.45, 7) is 8.63. The number of hydrogen-bond acceptors (Lipinski definition) is 3. The van der Waals surface area contributed by atoms with Gasteiger partial charge in [0.25, 0.3) is 0 Å². The van der Waals surface area contributed by atoms with E-state index in [2.05, 4.69) is 33.1 Å². The van der Waals surface area contributed by atoms with Crippen LogP contribution >= 0.6 is 0 Å². The van der Waals surface area contributed by atoms with Gasteiger partial charge in [0.2, 0.25) is 0 Å². The summed E-state index contributed by atoms with van der Waals surface area (Å²) in [6.07, 6.45) is 33.6. The van der Waals surface area contributed by atoms with Gasteiger partial charge in [-0.1, -0.05) is 149 Å². The minimum Gasteiger partial charge on any atom is -0.465 e. The largest absolute Gasteiger partial charge is 0.465 e. The van der Waals surface area contributed by atoms with Crippen molar-refractivity contribution in [3.05, 3.63) is 0 Å². The Bertz CT molecular complexity index is 467. The van der Waals surface area contributed by atoms with E-state index in [0.717, 1.165) is 25.3 Å². The zero-order valence-electron chi connectivity index (χ0n) is 26.8. The summed E-state index contributed by atoms with van der Waals surface area (Å²) < 4.78 is 5.78. The Balaban J connectivity index is 4.00. The minimum atomic E-state index is 0.0391. The third-order valence-electron chi connectivity index (χ3n) is 8.36. The van der Waals surface area contributed by atoms with Crippen LogP contribution in [0.3, 0.4) is 0 Å². The highest BCUT2D eigenvalue weighted by Crippen LogP contribution is 2.21. The lowest BCUT2D eigenvalue weighted by atomic mass is 9.94. The van der Waals surface area contributed by atoms with Gasteiger partial charge in [-0.05, 0) is 57.5 Å². The van der Waals surface area contributed by atoms with Crippen molar-refractivity contribution in [3.63, 3.8) is 0 Å². The highest BCUT2D eigenvalue weighted by Gasteiger charge is 2.13. The van der Waals surface area contributed by atoms with E-state index in [4.69, 9.17) is 4.74 Å². The molecule has 0 saturated heterocycles. The lowest BCUT2D eigenvalue weighted by Crippen LogP contribution is -2.19. The van der Waals surface area contributed by atoms with Crippen molar-refractivity contribution in [1.82, 2.24) is 5.32 Å². The Labute approximate surface area is 240 Å². The second kappa shape index (κ2) is 31.0. The molecule has 0 rings (SSSR count). The zero-order valence-corrected chi connectivity index (χ0v) is 26.8. The second-order valence-electron chi connectivity index (χ2n) is 12.2. The van der Waals surface area contributed by atoms with Crippen LogP contribution in [0.15, 0.2) is 0 Å². The van der Waals surface area contributed by atoms with Gasteiger partial charge in [0.1, 0.15) is 0 Å². The minimum absolute atomic E-state index is 0.0391. The maximum Gasteiger partial charge on any atom is 0.305 e. The summed E-state index contributed by atoms with van der Waals surface area (Å²) >= 11 is 0. The predicted octanol–water partition coefficient (Wildman–Crippen LogP) is 11.2. The first-order chi connectivity index (χ1) is 18.7. The van der Waals surface area contributed by atoms with E-state index in [1.807, 2.05) is 0 Å². The molecule has 0 radical (unpaired) electrons. The number of rotatable bonds is 31. The second-order valence-corrected chi connectivity index (χ2v) is 12.2. The van der Waals surface area contributed by atoms with Gasteiger partial charge >= 0.3 is 5.97 Å². The number of nitrogens with one attached hydrogen (secondary N) is 1. The highest BCUT2D eigenvalue weighted by atomic mass is 16.5. The molecule has 0 aliphatic carbocycles. The molecule has 0 amide bonds. The normalized spacial score (nSPS) is 13.1. The molecule has 0 aromatic heterocycles. The van der Waals surface area contributed by atoms with E-state index in [-0.39, 0.29) is 5.97 Å². The third kappa shape index (κ3) is 27.0. The van der Waals surface area contributed by atoms with Gasteiger partial charge in [-0.2, -0.15) is 0 Å². The topological polar surface area (TPSA) is 38.3 Å². The molecular formula is C35H71NO2. The number of unbranched alkanes of at least 4 members (excludes halogenated alkanes) is 17. The number of ether oxygens (including phenoxy) is 1. The van der Waals surface area contributed by atoms with Crippen molar-refractivity contribution >= 4 is 5.97 Å². The molecule has 0 fully saturated rings. The maximum atomic E-state index is 12.4. The first-order valence-corrected chi connectivity index (χ1v) is 17.5. The van der Waals surface area contributed by atoms with Gasteiger partial charge < -0.3 is 10.1 Å². The fraction of sp³-hybridized carbons (Fsp3) is 0.971. The lowest BCUT2D eigenvalue weighted by Gasteiger charge is -2.17. The van der Waals surface area contributed by atoms with Crippen molar-refractivity contribution in [3.8, 4) is 0 Å². The first-order valence-electron chi connectivity index (χ1n) is 17.5. The van der Waals surface area contributed by atoms with E-state index >= 15 is 0 Å². The molecule has 0 aliphatic heterocycles. The summed E-state index contributed by atoms with van der Waals surface area (Å²) in [5.41, 5.74) is 0. The molecule has 0 aliphatic rings. The van der Waals surface area contributed by atoms with Gasteiger partial charge in [-0.25, -0.2) is 0 Å². The number of carbonyl (C=O) groups excluding carboxylic acids is 1. The fourth-order valence-electron chi connectivity index (χ4n) is 5.75. The van der Waals surface area contributed by atoms with Crippen LogP contribution in [-0.2, 0) is 9.53 Å². The van der Waals surface area contributed by atoms with Crippen LogP contribution < -0.4 is 5.32 Å². The Morgan fingerprint density at radius 3 is 1.34 bits per heavy atom. The quantitative estimate of drug-likeness (QED) is 0.0705. The molecule has 2 atom stereocenters. The standard InChI is InChI=1S/C35H71NO2/c1-5-8-11-14-16-17-19-22-26-33(31-36-4)27-24-20-25-30-35(37)38-32-34(28-21-13-10-7-3)29-23-18-15-12-9-6-2/h33-34,36H,5-32H2,1-4H3. The Morgan fingerprint density at radius 1 is 0.526 bits per heavy atom. The average molecular weight is 538 g/mol. The highest BCUT2D eigenvalue weighted by molar-refractivity contribution is 5.69. The van der Waals surface area contributed by atoms with Crippen molar-refractivity contribution in [2.45, 2.75) is 188 Å². The monoisotopic (exact) mass is 538 g/mol. The van der Waals surface area contributed by atoms with E-state index in [9.17, 15) is 4.79 Å². The molecule has 0 heterocycles. The summed E-state index contributed by atoms with van der Waals surface area (Å²) in [6, 6.07) is 0. The SMILES string of the molecule is CCCCCCCCCCC(CCCCCC(=O)OCC(CCCCCC)CCCCCCCC)CNC. The smallest absolute Gasteiger partial charge is 0.305 e. The molecule has 2 unspecified atom stereocenters. The summed E-state index contributed by atoms with van der Waals surface area (Å²) in [4.78, 5) is 12.4. The molecule has 38 heavy (non-hydrogen) atoms. The molecule has 228 valence electrons. The van der Waals surface area contributed by atoms with Crippen LogP contribution in [-0.4, -0.2) is 26.2 Å². The van der Waals surface area contributed by atoms with E-state index < -0.39 is 0 Å². The Hall–Kier alpha value is -0.570. The van der Waals surface area contributed by atoms with Crippen molar-refractivity contribution in [1.29, 1.82) is 0 Å². The molecule has 0 aromatic carbocycles. The van der Waals surface area contributed by atoms with Gasteiger partial charge in [0.15, 0.2) is 0 Å². The van der Waals surface area contributed by atoms with Gasteiger partial charge in [0.05, 0.1) is 6.61 Å². The molecule has 3 nitrogen and oxygen atoms in total. The molecule has 0 spiro atoms. The van der Waals surface area contributed by atoms with Crippen LogP contribution in [0.25, 0.3) is 0 Å². The van der Waals surface area contributed by atoms with Crippen LogP contribution in [0.2, 0.25) is 0 Å². The molecular weight excluding hydrogens is 466 g/mol. The molecule has 0 aromatic rings. The molecule has 3 heteroatoms. The van der Waals surface area contributed by atoms with Crippen LogP contribution in [0.4, 0.5) is 0 Å². The fourth-order valence-corrected chi connectivity index (χ4v) is 5.75. The summed E-state index contributed by atoms with van der Waals surface area (Å²) in [7, 11) is 2.08. The predicted molar refractivity (Wildman–Crippen MR) is 169 cm³/mol. The van der Waals surface area contributed by atoms with E-state index in [0.29, 0.717) is 18.9 Å². The molecule has 0 bridgehead atoms. The molecule has 1 N–H and O–H groups in total. The average Bonchev–Trinajstić information content (AvgIpc) is 2.92. The van der Waals surface area contributed by atoms with Crippen LogP contribution in [0.5, 0.6) is 0 Å². The summed E-state index contributed by atoms with van der Waals surface area (Å²) in [5, 5.41) is 3.40. The van der Waals surface area contributed by atoms with Crippen molar-refractivity contribution < 1.29 is 9.53 Å². The van der Waals surface area contributed by atoms with Gasteiger partial charge in [-0.15, -0.1) is 0 Å². The zero-order chi connectivity index (χ0) is 27.9. The van der Waals surface area contributed by atoms with Crippen molar-refractivity contribution in [2.75, 3.05) is 20.2 Å². The summed E-state index contributed by atoms with van der Waals surface area (Å²) in [5.74, 6) is 1.40. The van der Waals surface area contributed by atoms with E-state index in [1.54, 1.807) is 0 Å². The van der Waals surface area contributed by atoms with Gasteiger partial charge in [0, 0.05) is 6.42 Å². The Morgan fingerprint density at radius 2 is 0.895 bits per heavy atom. The van der Waals surface area contributed by atoms with Crippen LogP contribution in [0.1, 0.15) is 188 Å². The third-order valence-corrected chi connectivity index (χ3v) is 8.36. The number of hydrogen-bond donors (Lipinski definition) is 1. The van der Waals surface area contributed by atoms with E-state index in [1.165, 1.54) is 148 Å². The maximum absolute atomic E-state index is 12.4. The van der Waals surface area contributed by atoms with Crippen LogP contribution in [0, 0.1) is 11.8 Å². The Kier molecular flexibility index (Phi) is 30.5. The van der Waals surface area contributed by atoms with Crippen molar-refractivity contribution in [2.24, 2.45) is 11.8 Å². The number of carbonyl (C=O) groups is 1. The first kappa shape index (κ1) is 37.4. The molecule has 0 saturated carbocycles. The van der Waals surface area contributed by atoms with Gasteiger partial charge in [-0.3, -0.25) is 4.79 Å². The number of esters is 1.